The lowest BCUT2D eigenvalue weighted by Crippen LogP contribution is -2.30. The minimum absolute atomic E-state index is 0.0641. The van der Waals surface area contributed by atoms with E-state index < -0.39 is 0 Å². The van der Waals surface area contributed by atoms with Crippen molar-refractivity contribution in [1.29, 1.82) is 0 Å². The fourth-order valence-corrected chi connectivity index (χ4v) is 1.35. The summed E-state index contributed by atoms with van der Waals surface area (Å²) in [6.45, 7) is 3.74. The summed E-state index contributed by atoms with van der Waals surface area (Å²) in [5, 5.41) is 3.11. The molecule has 14 heavy (non-hydrogen) atoms. The molecule has 1 amide bonds. The highest BCUT2D eigenvalue weighted by atomic mass is 35.5. The van der Waals surface area contributed by atoms with Gasteiger partial charge in [0.25, 0.3) is 5.91 Å². The number of amides is 1. The number of halogens is 2. The molecule has 0 aliphatic rings. The van der Waals surface area contributed by atoms with E-state index in [0.717, 1.165) is 0 Å². The number of hydrogen-bond acceptors (Lipinski definition) is 2. The van der Waals surface area contributed by atoms with Gasteiger partial charge < -0.3 is 5.32 Å². The average Bonchev–Trinajstić information content (AvgIpc) is 2.01. The van der Waals surface area contributed by atoms with Crippen molar-refractivity contribution in [2.45, 2.75) is 19.9 Å². The lowest BCUT2D eigenvalue weighted by molar-refractivity contribution is 0.0943. The van der Waals surface area contributed by atoms with Crippen LogP contribution in [-0.4, -0.2) is 16.9 Å². The molecular formula is C9H10Cl2N2O. The number of carbonyl (C=O) groups excluding carboxylic acids is 1. The first-order valence-electron chi connectivity index (χ1n) is 4.13. The normalized spacial score (nSPS) is 10.4. The van der Waals surface area contributed by atoms with E-state index in [0.29, 0.717) is 5.56 Å². The summed E-state index contributed by atoms with van der Waals surface area (Å²) in [5.41, 5.74) is 0.338. The zero-order valence-electron chi connectivity index (χ0n) is 7.84. The molecule has 0 bridgehead atoms. The molecule has 1 aromatic rings. The molecule has 5 heteroatoms. The van der Waals surface area contributed by atoms with Gasteiger partial charge in [-0.2, -0.15) is 0 Å². The second kappa shape index (κ2) is 4.62. The Bertz CT molecular complexity index is 353. The van der Waals surface area contributed by atoms with Crippen molar-refractivity contribution in [3.63, 3.8) is 0 Å². The molecule has 1 rings (SSSR count). The Balaban J connectivity index is 2.90. The van der Waals surface area contributed by atoms with E-state index in [1.54, 1.807) is 6.07 Å². The van der Waals surface area contributed by atoms with E-state index in [9.17, 15) is 4.79 Å². The Kier molecular flexibility index (Phi) is 3.72. The topological polar surface area (TPSA) is 42.0 Å². The molecule has 0 fully saturated rings. The van der Waals surface area contributed by atoms with Gasteiger partial charge in [0.15, 0.2) is 0 Å². The van der Waals surface area contributed by atoms with Gasteiger partial charge in [0.1, 0.15) is 10.3 Å². The zero-order valence-corrected chi connectivity index (χ0v) is 9.36. The standard InChI is InChI=1S/C9H10Cl2N2O/c1-5(2)12-9(14)6-3-4-7(10)13-8(6)11/h3-5H,1-2H3,(H,12,14). The quantitative estimate of drug-likeness (QED) is 0.797. The van der Waals surface area contributed by atoms with Crippen LogP contribution in [0.4, 0.5) is 0 Å². The summed E-state index contributed by atoms with van der Waals surface area (Å²) in [6.07, 6.45) is 0. The number of aromatic nitrogens is 1. The van der Waals surface area contributed by atoms with Crippen LogP contribution in [0.5, 0.6) is 0 Å². The molecule has 0 saturated heterocycles. The van der Waals surface area contributed by atoms with E-state index in [2.05, 4.69) is 10.3 Å². The van der Waals surface area contributed by atoms with Gasteiger partial charge in [-0.1, -0.05) is 23.2 Å². The molecule has 0 aromatic carbocycles. The smallest absolute Gasteiger partial charge is 0.254 e. The Morgan fingerprint density at radius 3 is 2.57 bits per heavy atom. The Hall–Kier alpha value is -0.800. The van der Waals surface area contributed by atoms with Gasteiger partial charge in [-0.05, 0) is 26.0 Å². The van der Waals surface area contributed by atoms with Crippen molar-refractivity contribution < 1.29 is 4.79 Å². The molecular weight excluding hydrogens is 223 g/mol. The number of rotatable bonds is 2. The van der Waals surface area contributed by atoms with E-state index in [-0.39, 0.29) is 22.3 Å². The van der Waals surface area contributed by atoms with E-state index in [1.807, 2.05) is 13.8 Å². The summed E-state index contributed by atoms with van der Waals surface area (Å²) in [6, 6.07) is 3.15. The molecule has 0 radical (unpaired) electrons. The van der Waals surface area contributed by atoms with Gasteiger partial charge in [0.2, 0.25) is 0 Å². The molecule has 1 N–H and O–H groups in total. The molecule has 0 atom stereocenters. The minimum atomic E-state index is -0.242. The highest BCUT2D eigenvalue weighted by molar-refractivity contribution is 6.34. The van der Waals surface area contributed by atoms with Crippen LogP contribution >= 0.6 is 23.2 Å². The average molecular weight is 233 g/mol. The van der Waals surface area contributed by atoms with E-state index in [4.69, 9.17) is 23.2 Å². The van der Waals surface area contributed by atoms with Crippen LogP contribution in [-0.2, 0) is 0 Å². The maximum atomic E-state index is 11.5. The maximum Gasteiger partial charge on any atom is 0.254 e. The van der Waals surface area contributed by atoms with Gasteiger partial charge in [-0.3, -0.25) is 4.79 Å². The summed E-state index contributed by atoms with van der Waals surface area (Å²) >= 11 is 11.4. The number of nitrogens with zero attached hydrogens (tertiary/aromatic N) is 1. The molecule has 0 saturated carbocycles. The van der Waals surface area contributed by atoms with Crippen molar-refractivity contribution in [2.75, 3.05) is 0 Å². The highest BCUT2D eigenvalue weighted by Gasteiger charge is 2.12. The van der Waals surface area contributed by atoms with Gasteiger partial charge in [-0.25, -0.2) is 4.98 Å². The second-order valence-corrected chi connectivity index (χ2v) is 3.85. The zero-order chi connectivity index (χ0) is 10.7. The predicted octanol–water partition coefficient (Wildman–Crippen LogP) is 2.53. The highest BCUT2D eigenvalue weighted by Crippen LogP contribution is 2.16. The summed E-state index contributed by atoms with van der Waals surface area (Å²) in [7, 11) is 0. The number of nitrogens with one attached hydrogen (secondary N) is 1. The molecule has 0 aliphatic heterocycles. The Morgan fingerprint density at radius 1 is 1.43 bits per heavy atom. The van der Waals surface area contributed by atoms with Crippen molar-refractivity contribution in [3.8, 4) is 0 Å². The molecule has 1 heterocycles. The molecule has 0 unspecified atom stereocenters. The fraction of sp³-hybridized carbons (Fsp3) is 0.333. The monoisotopic (exact) mass is 232 g/mol. The molecule has 1 aromatic heterocycles. The fourth-order valence-electron chi connectivity index (χ4n) is 0.921. The van der Waals surface area contributed by atoms with Crippen LogP contribution in [0.1, 0.15) is 24.2 Å². The molecule has 76 valence electrons. The first kappa shape index (κ1) is 11.3. The third kappa shape index (κ3) is 2.86. The lowest BCUT2D eigenvalue weighted by Gasteiger charge is -2.08. The Labute approximate surface area is 92.4 Å². The van der Waals surface area contributed by atoms with Crippen LogP contribution in [0.3, 0.4) is 0 Å². The number of pyridine rings is 1. The lowest BCUT2D eigenvalue weighted by atomic mass is 10.2. The maximum absolute atomic E-state index is 11.5. The molecule has 0 spiro atoms. The van der Waals surface area contributed by atoms with E-state index >= 15 is 0 Å². The largest absolute Gasteiger partial charge is 0.350 e. The van der Waals surface area contributed by atoms with Crippen LogP contribution in [0, 0.1) is 0 Å². The van der Waals surface area contributed by atoms with Gasteiger partial charge in [0.05, 0.1) is 5.56 Å². The van der Waals surface area contributed by atoms with Gasteiger partial charge in [-0.15, -0.1) is 0 Å². The van der Waals surface area contributed by atoms with Crippen LogP contribution in [0.2, 0.25) is 10.3 Å². The second-order valence-electron chi connectivity index (χ2n) is 3.10. The summed E-state index contributed by atoms with van der Waals surface area (Å²) in [5.74, 6) is -0.242. The summed E-state index contributed by atoms with van der Waals surface area (Å²) < 4.78 is 0. The Morgan fingerprint density at radius 2 is 2.07 bits per heavy atom. The van der Waals surface area contributed by atoms with Crippen molar-refractivity contribution >= 4 is 29.1 Å². The van der Waals surface area contributed by atoms with Crippen LogP contribution < -0.4 is 5.32 Å². The molecule has 3 nitrogen and oxygen atoms in total. The third-order valence-corrected chi connectivity index (χ3v) is 1.98. The SMILES string of the molecule is CC(C)NC(=O)c1ccc(Cl)nc1Cl. The number of hydrogen-bond donors (Lipinski definition) is 1. The predicted molar refractivity (Wildman–Crippen MR) is 56.9 cm³/mol. The van der Waals surface area contributed by atoms with Crippen molar-refractivity contribution in [1.82, 2.24) is 10.3 Å². The van der Waals surface area contributed by atoms with Crippen molar-refractivity contribution in [3.05, 3.63) is 28.0 Å². The van der Waals surface area contributed by atoms with Gasteiger partial charge in [0, 0.05) is 6.04 Å². The molecule has 0 aliphatic carbocycles. The minimum Gasteiger partial charge on any atom is -0.350 e. The number of carbonyl (C=O) groups is 1. The first-order valence-corrected chi connectivity index (χ1v) is 4.89. The van der Waals surface area contributed by atoms with Gasteiger partial charge >= 0.3 is 0 Å². The summed E-state index contributed by atoms with van der Waals surface area (Å²) in [4.78, 5) is 15.3. The van der Waals surface area contributed by atoms with E-state index in [1.165, 1.54) is 6.07 Å². The first-order chi connectivity index (χ1) is 6.50. The van der Waals surface area contributed by atoms with Crippen LogP contribution in [0.15, 0.2) is 12.1 Å². The van der Waals surface area contributed by atoms with Crippen LogP contribution in [0.25, 0.3) is 0 Å². The van der Waals surface area contributed by atoms with Crippen molar-refractivity contribution in [2.24, 2.45) is 0 Å². The third-order valence-electron chi connectivity index (χ3n) is 1.48.